The van der Waals surface area contributed by atoms with E-state index < -0.39 is 0 Å². The highest BCUT2D eigenvalue weighted by atomic mass is 35.5. The number of nitrogens with zero attached hydrogens (tertiary/aromatic N) is 4. The third kappa shape index (κ3) is 6.01. The van der Waals surface area contributed by atoms with Gasteiger partial charge in [-0.15, -0.1) is 0 Å². The van der Waals surface area contributed by atoms with Crippen LogP contribution in [0.25, 0.3) is 0 Å². The van der Waals surface area contributed by atoms with Crippen molar-refractivity contribution in [3.8, 4) is 0 Å². The van der Waals surface area contributed by atoms with E-state index in [4.69, 9.17) is 34.8 Å². The predicted molar refractivity (Wildman–Crippen MR) is 135 cm³/mol. The number of piperidine rings is 1. The topological polar surface area (TPSA) is 73.4 Å². The highest BCUT2D eigenvalue weighted by Crippen LogP contribution is 2.31. The van der Waals surface area contributed by atoms with Crippen LogP contribution in [0.15, 0.2) is 24.4 Å². The van der Waals surface area contributed by atoms with Crippen molar-refractivity contribution in [1.82, 2.24) is 20.2 Å². The largest absolute Gasteiger partial charge is 0.362 e. The molecule has 2 atom stereocenters. The van der Waals surface area contributed by atoms with E-state index in [0.717, 1.165) is 51.0 Å². The number of carbonyl (C=O) groups is 1. The summed E-state index contributed by atoms with van der Waals surface area (Å²) in [5.74, 6) is 1.47. The predicted octanol–water partition coefficient (Wildman–Crippen LogP) is 4.65. The molecule has 2 saturated heterocycles. The minimum Gasteiger partial charge on any atom is -0.362 e. The maximum Gasteiger partial charge on any atom is 0.227 e. The fraction of sp³-hybridized carbons (Fsp3) is 0.522. The van der Waals surface area contributed by atoms with Crippen LogP contribution in [0.5, 0.6) is 0 Å². The van der Waals surface area contributed by atoms with E-state index in [1.165, 1.54) is 0 Å². The zero-order chi connectivity index (χ0) is 23.5. The highest BCUT2D eigenvalue weighted by molar-refractivity contribution is 6.35. The van der Waals surface area contributed by atoms with E-state index in [0.29, 0.717) is 26.8 Å². The van der Waals surface area contributed by atoms with Crippen LogP contribution >= 0.6 is 34.8 Å². The molecule has 0 bridgehead atoms. The molecule has 178 valence electrons. The van der Waals surface area contributed by atoms with Crippen molar-refractivity contribution in [3.05, 3.63) is 45.0 Å². The second kappa shape index (κ2) is 10.6. The molecular weight excluding hydrogens is 483 g/mol. The summed E-state index contributed by atoms with van der Waals surface area (Å²) < 4.78 is 0. The third-order valence-electron chi connectivity index (χ3n) is 6.40. The Morgan fingerprint density at radius 2 is 1.88 bits per heavy atom. The van der Waals surface area contributed by atoms with Crippen molar-refractivity contribution in [3.63, 3.8) is 0 Å². The molecule has 0 radical (unpaired) electrons. The average molecular weight is 512 g/mol. The third-order valence-corrected chi connectivity index (χ3v) is 7.24. The van der Waals surface area contributed by atoms with Gasteiger partial charge in [-0.3, -0.25) is 4.79 Å². The Balaban J connectivity index is 1.35. The van der Waals surface area contributed by atoms with E-state index in [2.05, 4.69) is 37.4 Å². The van der Waals surface area contributed by atoms with Crippen LogP contribution in [0.3, 0.4) is 0 Å². The number of hydrogen-bond donors (Lipinski definition) is 2. The molecule has 10 heteroatoms. The van der Waals surface area contributed by atoms with Crippen LogP contribution in [0, 0.1) is 5.92 Å². The Labute approximate surface area is 209 Å². The Kier molecular flexibility index (Phi) is 7.84. The minimum atomic E-state index is -0.120. The fourth-order valence-corrected chi connectivity index (χ4v) is 5.16. The van der Waals surface area contributed by atoms with E-state index in [-0.39, 0.29) is 23.9 Å². The van der Waals surface area contributed by atoms with E-state index >= 15 is 0 Å². The number of amides is 1. The van der Waals surface area contributed by atoms with Crippen LogP contribution in [-0.2, 0) is 4.79 Å². The summed E-state index contributed by atoms with van der Waals surface area (Å²) in [6.45, 7) is 5.37. The van der Waals surface area contributed by atoms with Crippen molar-refractivity contribution in [2.75, 3.05) is 43.4 Å². The first kappa shape index (κ1) is 24.3. The molecule has 1 amide bonds. The van der Waals surface area contributed by atoms with Gasteiger partial charge in [0.1, 0.15) is 5.02 Å². The van der Waals surface area contributed by atoms with Gasteiger partial charge in [-0.2, -0.15) is 4.98 Å². The Morgan fingerprint density at radius 1 is 1.12 bits per heavy atom. The molecule has 2 aliphatic heterocycles. The number of anilines is 2. The summed E-state index contributed by atoms with van der Waals surface area (Å²) in [6.07, 6.45) is 4.28. The molecule has 4 rings (SSSR count). The fourth-order valence-electron chi connectivity index (χ4n) is 4.44. The molecule has 0 spiro atoms. The van der Waals surface area contributed by atoms with Gasteiger partial charge in [-0.25, -0.2) is 4.98 Å². The van der Waals surface area contributed by atoms with Gasteiger partial charge in [-0.1, -0.05) is 40.9 Å². The van der Waals surface area contributed by atoms with Gasteiger partial charge >= 0.3 is 0 Å². The number of carbonyl (C=O) groups excluding carboxylic acids is 1. The van der Waals surface area contributed by atoms with Crippen LogP contribution in [0.1, 0.15) is 37.8 Å². The van der Waals surface area contributed by atoms with Crippen LogP contribution in [0.4, 0.5) is 11.8 Å². The van der Waals surface area contributed by atoms with E-state index in [1.54, 1.807) is 12.3 Å². The molecule has 33 heavy (non-hydrogen) atoms. The number of halogens is 3. The zero-order valence-corrected chi connectivity index (χ0v) is 21.1. The molecule has 1 unspecified atom stereocenters. The van der Waals surface area contributed by atoms with Crippen molar-refractivity contribution in [2.24, 2.45) is 5.92 Å². The van der Waals surface area contributed by atoms with Crippen molar-refractivity contribution < 1.29 is 4.79 Å². The Hall–Kier alpha value is -1.80. The van der Waals surface area contributed by atoms with Crippen LogP contribution in [0.2, 0.25) is 15.1 Å². The lowest BCUT2D eigenvalue weighted by molar-refractivity contribution is -0.125. The average Bonchev–Trinajstić information content (AvgIpc) is 3.22. The lowest BCUT2D eigenvalue weighted by atomic mass is 10.0. The standard InChI is InChI=1S/C23H29Cl3N6O/c1-14(18-4-3-16(24)11-19(18)25)28-21-20(26)12-27-23(30-21)32-9-6-17(7-10-32)29-22(33)15-5-8-31(2)13-15/h3-4,11-12,14-15,17H,5-10,13H2,1-2H3,(H,29,33)(H,27,28,30)/t14-,15?/m1/s1. The Morgan fingerprint density at radius 3 is 2.55 bits per heavy atom. The van der Waals surface area contributed by atoms with Crippen molar-refractivity contribution in [2.45, 2.75) is 38.3 Å². The minimum absolute atomic E-state index is 0.109. The van der Waals surface area contributed by atoms with Crippen LogP contribution in [-0.4, -0.2) is 60.0 Å². The number of rotatable bonds is 6. The number of hydrogen-bond acceptors (Lipinski definition) is 6. The molecule has 0 aliphatic carbocycles. The Bertz CT molecular complexity index is 998. The second-order valence-corrected chi connectivity index (χ2v) is 10.2. The summed E-state index contributed by atoms with van der Waals surface area (Å²) in [5.41, 5.74) is 0.905. The summed E-state index contributed by atoms with van der Waals surface area (Å²) in [7, 11) is 2.06. The normalized spacial score (nSPS) is 20.6. The summed E-state index contributed by atoms with van der Waals surface area (Å²) >= 11 is 18.7. The summed E-state index contributed by atoms with van der Waals surface area (Å²) in [4.78, 5) is 26.0. The van der Waals surface area contributed by atoms with Gasteiger partial charge in [0.25, 0.3) is 0 Å². The molecule has 7 nitrogen and oxygen atoms in total. The number of benzene rings is 1. The molecule has 0 saturated carbocycles. The molecule has 2 N–H and O–H groups in total. The number of nitrogens with one attached hydrogen (secondary N) is 2. The smallest absolute Gasteiger partial charge is 0.227 e. The first-order valence-electron chi connectivity index (χ1n) is 11.3. The number of likely N-dealkylation sites (tertiary alicyclic amines) is 1. The maximum absolute atomic E-state index is 12.5. The summed E-state index contributed by atoms with van der Waals surface area (Å²) in [5, 5.41) is 8.20. The van der Waals surface area contributed by atoms with Gasteiger partial charge in [0.05, 0.1) is 18.2 Å². The van der Waals surface area contributed by atoms with Gasteiger partial charge in [-0.05, 0) is 57.5 Å². The van der Waals surface area contributed by atoms with Gasteiger partial charge in [0.2, 0.25) is 11.9 Å². The summed E-state index contributed by atoms with van der Waals surface area (Å²) in [6, 6.07) is 5.49. The molecule has 1 aromatic heterocycles. The highest BCUT2D eigenvalue weighted by Gasteiger charge is 2.29. The second-order valence-electron chi connectivity index (χ2n) is 8.92. The molecule has 2 aromatic rings. The molecule has 2 aliphatic rings. The maximum atomic E-state index is 12.5. The van der Waals surface area contributed by atoms with Crippen LogP contribution < -0.4 is 15.5 Å². The van der Waals surface area contributed by atoms with E-state index in [9.17, 15) is 4.79 Å². The first-order valence-corrected chi connectivity index (χ1v) is 12.4. The van der Waals surface area contributed by atoms with Crippen molar-refractivity contribution in [1.29, 1.82) is 0 Å². The first-order chi connectivity index (χ1) is 15.8. The molecule has 1 aromatic carbocycles. The molecular formula is C23H29Cl3N6O. The quantitative estimate of drug-likeness (QED) is 0.588. The lowest BCUT2D eigenvalue weighted by Gasteiger charge is -2.33. The number of aromatic nitrogens is 2. The van der Waals surface area contributed by atoms with Gasteiger partial charge in [0.15, 0.2) is 5.82 Å². The molecule has 3 heterocycles. The lowest BCUT2D eigenvalue weighted by Crippen LogP contribution is -2.47. The SMILES string of the molecule is C[C@@H](Nc1nc(N2CCC(NC(=O)C3CCN(C)C3)CC2)ncc1Cl)c1ccc(Cl)cc1Cl. The zero-order valence-electron chi connectivity index (χ0n) is 18.8. The van der Waals surface area contributed by atoms with Gasteiger partial charge < -0.3 is 20.4 Å². The van der Waals surface area contributed by atoms with Gasteiger partial charge in [0, 0.05) is 35.7 Å². The molecule has 2 fully saturated rings. The van der Waals surface area contributed by atoms with E-state index in [1.807, 2.05) is 19.1 Å². The van der Waals surface area contributed by atoms with Crippen molar-refractivity contribution >= 4 is 52.5 Å². The monoisotopic (exact) mass is 510 g/mol.